The van der Waals surface area contributed by atoms with Crippen molar-refractivity contribution in [1.82, 2.24) is 78.1 Å². The molecule has 0 saturated heterocycles. The van der Waals surface area contributed by atoms with Gasteiger partial charge in [0.05, 0.1) is 94.4 Å². The van der Waals surface area contributed by atoms with E-state index in [1.165, 1.54) is 43.1 Å². The molecule has 0 aliphatic heterocycles. The van der Waals surface area contributed by atoms with Crippen LogP contribution in [0.5, 0.6) is 0 Å². The van der Waals surface area contributed by atoms with Crippen molar-refractivity contribution in [2.75, 3.05) is 0 Å². The van der Waals surface area contributed by atoms with Gasteiger partial charge in [-0.15, -0.1) is 0 Å². The van der Waals surface area contributed by atoms with Crippen molar-refractivity contribution in [2.45, 2.75) is 52.4 Å². The van der Waals surface area contributed by atoms with Crippen molar-refractivity contribution in [2.24, 2.45) is 0 Å². The molecule has 12 heterocycles. The van der Waals surface area contributed by atoms with Gasteiger partial charge in [0.1, 0.15) is 17.2 Å². The molecule has 0 radical (unpaired) electrons. The predicted octanol–water partition coefficient (Wildman–Crippen LogP) is 27.4. The second-order valence-electron chi connectivity index (χ2n) is 34.4. The zero-order chi connectivity index (χ0) is 87.6. The first-order valence-corrected chi connectivity index (χ1v) is 43.6. The van der Waals surface area contributed by atoms with Gasteiger partial charge in [0.15, 0.2) is 29.1 Å². The summed E-state index contributed by atoms with van der Waals surface area (Å²) in [6.07, 6.45) is 15.0. The molecule has 0 fully saturated rings. The minimum Gasteiger partial charge on any atom is -0.306 e. The van der Waals surface area contributed by atoms with Crippen molar-refractivity contribution < 1.29 is 0 Å². The van der Waals surface area contributed by atoms with Crippen LogP contribution in [0.3, 0.4) is 0 Å². The maximum absolute atomic E-state index is 5.16. The summed E-state index contributed by atoms with van der Waals surface area (Å²) in [5.41, 5.74) is 21.3. The first kappa shape index (κ1) is 79.0. The van der Waals surface area contributed by atoms with Crippen LogP contribution in [-0.4, -0.2) is 78.1 Å². The van der Waals surface area contributed by atoms with Crippen LogP contribution < -0.4 is 0 Å². The molecule has 0 unspecified atom stereocenters. The molecule has 12 aromatic heterocycles. The highest BCUT2D eigenvalue weighted by atomic mass is 15.1. The van der Waals surface area contributed by atoms with Gasteiger partial charge in [0.2, 0.25) is 0 Å². The lowest BCUT2D eigenvalue weighted by Gasteiger charge is -2.20. The average molecular weight is 1680 g/mol. The van der Waals surface area contributed by atoms with Crippen molar-refractivity contribution in [1.29, 1.82) is 0 Å². The van der Waals surface area contributed by atoms with E-state index in [9.17, 15) is 0 Å². The van der Waals surface area contributed by atoms with E-state index in [1.54, 1.807) is 6.20 Å². The predicted molar refractivity (Wildman–Crippen MR) is 531 cm³/mol. The van der Waals surface area contributed by atoms with Gasteiger partial charge in [0.25, 0.3) is 0 Å². The SMILES string of the molecule is CC(C)(C)c1nc(-c2ccccc2)c2cncc(-n3c4ccccc4c4ccccc43)c2n1.CC(C)(C)c1nc(-n2c3ccccc3c3ccccc32)c2cncc(-c3ccccc3)c2n1.c1ccc(-c2nc(-n3c4ccccc4c4ccccc43)c3cncc(-c4ccccc4)c3n2)cc1.c1ccc(-c2nc(-n3c4ccccc4c4ccccc43)c3cnccc3n2)cc1. The molecule has 0 amide bonds. The summed E-state index contributed by atoms with van der Waals surface area (Å²) in [4.78, 5) is 58.8. The fourth-order valence-electron chi connectivity index (χ4n) is 17.9. The van der Waals surface area contributed by atoms with E-state index in [0.29, 0.717) is 11.6 Å². The van der Waals surface area contributed by atoms with E-state index in [-0.39, 0.29) is 10.8 Å². The minimum absolute atomic E-state index is 0.195. The van der Waals surface area contributed by atoms with Crippen LogP contribution >= 0.6 is 0 Å². The Hall–Kier alpha value is -17.0. The molecule has 0 aliphatic rings. The lowest BCUT2D eigenvalue weighted by atomic mass is 9.94. The molecular formula is C114H84N16. The number of hydrogen-bond acceptors (Lipinski definition) is 12. The zero-order valence-electron chi connectivity index (χ0n) is 72.3. The van der Waals surface area contributed by atoms with Crippen molar-refractivity contribution in [3.63, 3.8) is 0 Å². The number of para-hydroxylation sites is 8. The van der Waals surface area contributed by atoms with Gasteiger partial charge in [-0.1, -0.05) is 339 Å². The summed E-state index contributed by atoms with van der Waals surface area (Å²) >= 11 is 0. The zero-order valence-corrected chi connectivity index (χ0v) is 72.3. The third kappa shape index (κ3) is 14.2. The fourth-order valence-corrected chi connectivity index (χ4v) is 17.9. The quantitative estimate of drug-likeness (QED) is 0.134. The first-order chi connectivity index (χ1) is 63.8. The summed E-state index contributed by atoms with van der Waals surface area (Å²) in [7, 11) is 0. The van der Waals surface area contributed by atoms with Gasteiger partial charge in [-0.05, 0) is 65.7 Å². The number of fused-ring (bicyclic) bond motifs is 16. The second-order valence-corrected chi connectivity index (χ2v) is 34.4. The summed E-state index contributed by atoms with van der Waals surface area (Å²) in [6.45, 7) is 13.0. The Morgan fingerprint density at radius 2 is 0.492 bits per heavy atom. The molecule has 25 aromatic rings. The molecule has 0 atom stereocenters. The summed E-state index contributed by atoms with van der Waals surface area (Å²) in [5.74, 6) is 5.58. The molecule has 0 aliphatic carbocycles. The van der Waals surface area contributed by atoms with Crippen LogP contribution in [0.1, 0.15) is 53.2 Å². The highest BCUT2D eigenvalue weighted by Gasteiger charge is 2.28. The lowest BCUT2D eigenvalue weighted by Crippen LogP contribution is -2.18. The normalized spacial score (nSPS) is 11.8. The van der Waals surface area contributed by atoms with Gasteiger partial charge in [-0.2, -0.15) is 0 Å². The van der Waals surface area contributed by atoms with E-state index in [2.05, 4.69) is 322 Å². The third-order valence-electron chi connectivity index (χ3n) is 24.1. The Morgan fingerprint density at radius 1 is 0.200 bits per heavy atom. The van der Waals surface area contributed by atoms with E-state index >= 15 is 0 Å². The number of aromatic nitrogens is 16. The van der Waals surface area contributed by atoms with Crippen molar-refractivity contribution in [3.8, 4) is 79.4 Å². The van der Waals surface area contributed by atoms with Crippen molar-refractivity contribution >= 4 is 131 Å². The van der Waals surface area contributed by atoms with E-state index in [1.807, 2.05) is 153 Å². The Labute approximate surface area is 749 Å². The largest absolute Gasteiger partial charge is 0.306 e. The number of rotatable bonds is 9. The summed E-state index contributed by atoms with van der Waals surface area (Å²) < 4.78 is 9.02. The average Bonchev–Trinajstić information content (AvgIpc) is 1.53. The molecular weight excluding hydrogens is 1590 g/mol. The smallest absolute Gasteiger partial charge is 0.162 e. The summed E-state index contributed by atoms with van der Waals surface area (Å²) in [6, 6.07) is 121. The number of nitrogens with zero attached hydrogens (tertiary/aromatic N) is 16. The monoisotopic (exact) mass is 1680 g/mol. The van der Waals surface area contributed by atoms with Gasteiger partial charge in [-0.25, -0.2) is 39.9 Å². The van der Waals surface area contributed by atoms with Gasteiger partial charge < -0.3 is 4.57 Å². The topological polar surface area (TPSA) is 174 Å². The third-order valence-corrected chi connectivity index (χ3v) is 24.1. The number of benzene rings is 13. The molecule has 130 heavy (non-hydrogen) atoms. The Bertz CT molecular complexity index is 8420. The molecule has 16 nitrogen and oxygen atoms in total. The Morgan fingerprint density at radius 3 is 0.885 bits per heavy atom. The van der Waals surface area contributed by atoms with Crippen LogP contribution in [0, 0.1) is 0 Å². The number of hydrogen-bond donors (Lipinski definition) is 0. The van der Waals surface area contributed by atoms with Crippen LogP contribution in [0.2, 0.25) is 0 Å². The lowest BCUT2D eigenvalue weighted by molar-refractivity contribution is 0.547. The van der Waals surface area contributed by atoms with Gasteiger partial charge >= 0.3 is 0 Å². The highest BCUT2D eigenvalue weighted by Crippen LogP contribution is 2.43. The van der Waals surface area contributed by atoms with E-state index in [4.69, 9.17) is 39.9 Å². The highest BCUT2D eigenvalue weighted by molar-refractivity contribution is 6.15. The standard InChI is InChI=1S/C31H20N4.2C29H24N4.C25H16N4/c1-3-11-21(12-4-1)25-19-32-20-26-29(25)33-30(22-13-5-2-6-14-22)34-31(26)35-27-17-9-7-15-23(27)24-16-8-10-18-28(24)35;1-29(2,3)28-31-26(19-11-5-4-6-12-19)22-17-30-18-25(27(22)32-28)33-23-15-9-7-13-20(23)21-14-8-10-16-24(21)33;1-29(2,3)28-31-26-22(19-11-5-4-6-12-19)17-30-18-23(26)27(32-28)33-24-15-9-7-13-20(24)21-14-8-10-16-25(21)33;1-2-8-17(9-3-1)24-27-21-14-15-26-16-20(21)25(28-24)29-22-12-6-4-10-18(22)19-11-5-7-13-23(19)29/h1-20H;2*4-18H,1-3H3;1-16H. The van der Waals surface area contributed by atoms with Crippen LogP contribution in [0.4, 0.5) is 0 Å². The van der Waals surface area contributed by atoms with Crippen LogP contribution in [-0.2, 0) is 10.8 Å². The van der Waals surface area contributed by atoms with E-state index < -0.39 is 0 Å². The molecule has 16 heteroatoms. The van der Waals surface area contributed by atoms with Crippen LogP contribution in [0.15, 0.2) is 401 Å². The molecule has 0 bridgehead atoms. The molecule has 0 saturated carbocycles. The molecule has 0 N–H and O–H groups in total. The van der Waals surface area contributed by atoms with Crippen LogP contribution in [0.25, 0.3) is 210 Å². The molecule has 620 valence electrons. The minimum atomic E-state index is -0.209. The molecule has 0 spiro atoms. The Kier molecular flexibility index (Phi) is 20.0. The Balaban J connectivity index is 0.000000102. The first-order valence-electron chi connectivity index (χ1n) is 43.6. The second kappa shape index (κ2) is 32.8. The maximum atomic E-state index is 5.16. The maximum Gasteiger partial charge on any atom is 0.162 e. The van der Waals surface area contributed by atoms with E-state index in [0.717, 1.165) is 167 Å². The van der Waals surface area contributed by atoms with Crippen molar-refractivity contribution in [3.05, 3.63) is 413 Å². The van der Waals surface area contributed by atoms with Gasteiger partial charge in [-0.3, -0.25) is 33.6 Å². The van der Waals surface area contributed by atoms with Gasteiger partial charge in [0, 0.05) is 131 Å². The fraction of sp³-hybridized carbons (Fsp3) is 0.0702. The molecule has 25 rings (SSSR count). The molecule has 13 aromatic carbocycles. The summed E-state index contributed by atoms with van der Waals surface area (Å²) in [5, 5.41) is 13.4. The number of pyridine rings is 4.